The molecule has 1 aliphatic rings. The molecule has 1 aliphatic heterocycles. The number of hydrogen-bond acceptors (Lipinski definition) is 8. The van der Waals surface area contributed by atoms with Gasteiger partial charge in [-0.15, -0.1) is 0 Å². The first-order valence-electron chi connectivity index (χ1n) is 9.94. The van der Waals surface area contributed by atoms with Crippen LogP contribution in [-0.4, -0.2) is 69.0 Å². The number of methoxy groups -OCH3 is 1. The van der Waals surface area contributed by atoms with Gasteiger partial charge in [-0.25, -0.2) is 9.37 Å². The summed E-state index contributed by atoms with van der Waals surface area (Å²) < 4.78 is 35.9. The highest BCUT2D eigenvalue weighted by atomic mass is 19.1. The maximum absolute atomic E-state index is 14.0. The third-order valence-electron chi connectivity index (χ3n) is 4.04. The molecule has 0 amide bonds. The van der Waals surface area contributed by atoms with E-state index in [1.807, 2.05) is 0 Å². The van der Waals surface area contributed by atoms with Crippen molar-refractivity contribution in [3.05, 3.63) is 23.5 Å². The maximum atomic E-state index is 14.0. The Balaban J connectivity index is 2.17. The summed E-state index contributed by atoms with van der Waals surface area (Å²) >= 11 is 0. The number of nitrogens with zero attached hydrogens (tertiary/aromatic N) is 3. The van der Waals surface area contributed by atoms with E-state index in [1.54, 1.807) is 19.4 Å². The summed E-state index contributed by atoms with van der Waals surface area (Å²) in [5.74, 6) is 11.6. The van der Waals surface area contributed by atoms with Crippen LogP contribution < -0.4 is 10.6 Å². The van der Waals surface area contributed by atoms with E-state index in [2.05, 4.69) is 40.8 Å². The first kappa shape index (κ1) is 24.7. The standard InChI is InChI=1S/C22H31FN4O4/c1-21(2)13-30-19(31-14-21)12-25-11-17(27-24)20-18(29-15-22(3,4)23)9-16(10-26-20)7-6-8-28-5/h9-11,19H,8,12-15,24H2,1-5H3/b25-11?,27-17+. The summed E-state index contributed by atoms with van der Waals surface area (Å²) in [5, 5.41) is 3.77. The number of hydrogen-bond donors (Lipinski definition) is 1. The van der Waals surface area contributed by atoms with Crippen LogP contribution >= 0.6 is 0 Å². The second-order valence-corrected chi connectivity index (χ2v) is 8.54. The van der Waals surface area contributed by atoms with Gasteiger partial charge in [0.1, 0.15) is 36.0 Å². The quantitative estimate of drug-likeness (QED) is 0.292. The molecule has 0 spiro atoms. The van der Waals surface area contributed by atoms with Crippen LogP contribution in [0.15, 0.2) is 22.4 Å². The monoisotopic (exact) mass is 434 g/mol. The molecule has 0 unspecified atom stereocenters. The summed E-state index contributed by atoms with van der Waals surface area (Å²) in [5.41, 5.74) is -0.351. The molecule has 1 saturated heterocycles. The second kappa shape index (κ2) is 11.2. The summed E-state index contributed by atoms with van der Waals surface area (Å²) in [6.07, 6.45) is 2.59. The average molecular weight is 435 g/mol. The van der Waals surface area contributed by atoms with Gasteiger partial charge in [-0.05, 0) is 19.9 Å². The number of rotatable bonds is 8. The topological polar surface area (TPSA) is 101 Å². The summed E-state index contributed by atoms with van der Waals surface area (Å²) in [7, 11) is 1.56. The van der Waals surface area contributed by atoms with Gasteiger partial charge in [-0.1, -0.05) is 25.7 Å². The molecule has 170 valence electrons. The van der Waals surface area contributed by atoms with Crippen molar-refractivity contribution in [2.45, 2.75) is 39.7 Å². The summed E-state index contributed by atoms with van der Waals surface area (Å²) in [6, 6.07) is 1.66. The number of pyridine rings is 1. The van der Waals surface area contributed by atoms with E-state index in [1.165, 1.54) is 20.1 Å². The van der Waals surface area contributed by atoms with Crippen LogP contribution in [0, 0.1) is 17.3 Å². The van der Waals surface area contributed by atoms with E-state index in [4.69, 9.17) is 24.8 Å². The van der Waals surface area contributed by atoms with Gasteiger partial charge >= 0.3 is 0 Å². The Morgan fingerprint density at radius 3 is 2.74 bits per heavy atom. The lowest BCUT2D eigenvalue weighted by molar-refractivity contribution is -0.215. The Labute approximate surface area is 183 Å². The lowest BCUT2D eigenvalue weighted by Crippen LogP contribution is -2.39. The summed E-state index contributed by atoms with van der Waals surface area (Å²) in [4.78, 5) is 8.68. The van der Waals surface area contributed by atoms with Gasteiger partial charge in [0.25, 0.3) is 0 Å². The van der Waals surface area contributed by atoms with Crippen LogP contribution in [0.5, 0.6) is 5.75 Å². The fraction of sp³-hybridized carbons (Fsp3) is 0.591. The largest absolute Gasteiger partial charge is 0.488 e. The lowest BCUT2D eigenvalue weighted by Gasteiger charge is -2.33. The van der Waals surface area contributed by atoms with Crippen molar-refractivity contribution in [1.82, 2.24) is 4.98 Å². The Morgan fingerprint density at radius 2 is 2.13 bits per heavy atom. The molecule has 31 heavy (non-hydrogen) atoms. The van der Waals surface area contributed by atoms with Crippen molar-refractivity contribution < 1.29 is 23.3 Å². The zero-order valence-corrected chi connectivity index (χ0v) is 18.8. The van der Waals surface area contributed by atoms with Crippen molar-refractivity contribution in [1.29, 1.82) is 0 Å². The number of aliphatic imine (C=N–C) groups is 1. The lowest BCUT2D eigenvalue weighted by atomic mass is 9.96. The molecule has 0 radical (unpaired) electrons. The highest BCUT2D eigenvalue weighted by Crippen LogP contribution is 2.23. The zero-order valence-electron chi connectivity index (χ0n) is 18.8. The molecule has 0 aliphatic carbocycles. The van der Waals surface area contributed by atoms with Gasteiger partial charge < -0.3 is 24.8 Å². The van der Waals surface area contributed by atoms with Gasteiger partial charge in [-0.2, -0.15) is 5.10 Å². The smallest absolute Gasteiger partial charge is 0.176 e. The van der Waals surface area contributed by atoms with E-state index in [0.29, 0.717) is 30.2 Å². The molecular weight excluding hydrogens is 403 g/mol. The van der Waals surface area contributed by atoms with Crippen LogP contribution in [0.4, 0.5) is 4.39 Å². The molecule has 2 heterocycles. The molecule has 9 heteroatoms. The third kappa shape index (κ3) is 8.61. The predicted molar refractivity (Wildman–Crippen MR) is 117 cm³/mol. The normalized spacial score (nSPS) is 17.4. The molecule has 0 aromatic carbocycles. The third-order valence-corrected chi connectivity index (χ3v) is 4.04. The highest BCUT2D eigenvalue weighted by Gasteiger charge is 2.28. The SMILES string of the molecule is COCC#Cc1cnc(/C(C=NCC2OCC(C)(C)CO2)=N/N)c(OCC(C)(C)F)c1. The van der Waals surface area contributed by atoms with Gasteiger partial charge in [0.2, 0.25) is 0 Å². The van der Waals surface area contributed by atoms with Crippen molar-refractivity contribution in [3.8, 4) is 17.6 Å². The van der Waals surface area contributed by atoms with Crippen LogP contribution in [0.3, 0.4) is 0 Å². The van der Waals surface area contributed by atoms with Crippen LogP contribution in [-0.2, 0) is 14.2 Å². The van der Waals surface area contributed by atoms with Gasteiger partial charge in [0, 0.05) is 24.3 Å². The molecule has 0 bridgehead atoms. The number of aromatic nitrogens is 1. The Bertz CT molecular complexity index is 843. The second-order valence-electron chi connectivity index (χ2n) is 8.54. The molecule has 1 aromatic heterocycles. The Hall–Kier alpha value is -2.54. The minimum Gasteiger partial charge on any atom is -0.488 e. The molecule has 2 N–H and O–H groups in total. The minimum absolute atomic E-state index is 0.0155. The van der Waals surface area contributed by atoms with E-state index in [-0.39, 0.29) is 30.9 Å². The first-order chi connectivity index (χ1) is 14.6. The summed E-state index contributed by atoms with van der Waals surface area (Å²) in [6.45, 7) is 8.56. The first-order valence-corrected chi connectivity index (χ1v) is 9.94. The van der Waals surface area contributed by atoms with Gasteiger partial charge in [0.05, 0.1) is 26.0 Å². The van der Waals surface area contributed by atoms with Crippen molar-refractivity contribution in [2.75, 3.05) is 40.1 Å². The van der Waals surface area contributed by atoms with E-state index in [0.717, 1.165) is 0 Å². The number of halogens is 1. The number of nitrogens with two attached hydrogens (primary N) is 1. The van der Waals surface area contributed by atoms with E-state index >= 15 is 0 Å². The van der Waals surface area contributed by atoms with Crippen LogP contribution in [0.25, 0.3) is 0 Å². The van der Waals surface area contributed by atoms with E-state index in [9.17, 15) is 4.39 Å². The average Bonchev–Trinajstić information content (AvgIpc) is 2.71. The predicted octanol–water partition coefficient (Wildman–Crippen LogP) is 2.34. The molecule has 1 fully saturated rings. The minimum atomic E-state index is -1.54. The molecule has 1 aromatic rings. The Morgan fingerprint density at radius 1 is 1.42 bits per heavy atom. The van der Waals surface area contributed by atoms with Crippen molar-refractivity contribution in [3.63, 3.8) is 0 Å². The molecular formula is C22H31FN4O4. The Kier molecular flexibility index (Phi) is 8.92. The van der Waals surface area contributed by atoms with Crippen LogP contribution in [0.2, 0.25) is 0 Å². The fourth-order valence-electron chi connectivity index (χ4n) is 2.49. The maximum Gasteiger partial charge on any atom is 0.176 e. The molecule has 0 saturated carbocycles. The molecule has 2 rings (SSSR count). The molecule has 0 atom stereocenters. The van der Waals surface area contributed by atoms with Gasteiger partial charge in [-0.3, -0.25) is 4.99 Å². The van der Waals surface area contributed by atoms with E-state index < -0.39 is 12.0 Å². The zero-order chi connectivity index (χ0) is 22.9. The number of alkyl halides is 1. The van der Waals surface area contributed by atoms with Gasteiger partial charge in [0.15, 0.2) is 6.29 Å². The van der Waals surface area contributed by atoms with Crippen molar-refractivity contribution in [2.24, 2.45) is 21.4 Å². The van der Waals surface area contributed by atoms with Crippen LogP contribution in [0.1, 0.15) is 39.0 Å². The fourth-order valence-corrected chi connectivity index (χ4v) is 2.49. The molecule has 8 nitrogen and oxygen atoms in total. The van der Waals surface area contributed by atoms with Crippen molar-refractivity contribution >= 4 is 11.9 Å². The number of hydrazone groups is 1. The highest BCUT2D eigenvalue weighted by molar-refractivity contribution is 6.38. The number of ether oxygens (including phenoxy) is 4.